The molecule has 0 saturated carbocycles. The summed E-state index contributed by atoms with van der Waals surface area (Å²) in [5.74, 6) is 0.948. The Balaban J connectivity index is 1.93. The van der Waals surface area contributed by atoms with Crippen LogP contribution >= 0.6 is 0 Å². The van der Waals surface area contributed by atoms with E-state index in [9.17, 15) is 0 Å². The second-order valence-electron chi connectivity index (χ2n) is 3.84. The number of benzene rings is 1. The van der Waals surface area contributed by atoms with Crippen LogP contribution in [-0.2, 0) is 0 Å². The topological polar surface area (TPSA) is 33.3 Å². The quantitative estimate of drug-likeness (QED) is 0.744. The summed E-state index contributed by atoms with van der Waals surface area (Å²) in [4.78, 5) is 0. The van der Waals surface area contributed by atoms with Crippen LogP contribution < -0.4 is 15.4 Å². The standard InChI is InChI=1S/C13H18N2O/c1-2-3-8-16-12-6-4-11(5-7-12)13-9-14-10-15-13/h4-7,9,14-15H,2-3,8,10H2,1H3. The number of rotatable bonds is 5. The number of hydrogen-bond acceptors (Lipinski definition) is 3. The first-order valence-corrected chi connectivity index (χ1v) is 5.81. The third kappa shape index (κ3) is 2.69. The van der Waals surface area contributed by atoms with Crippen LogP contribution in [0.1, 0.15) is 25.3 Å². The molecular formula is C13H18N2O. The molecule has 16 heavy (non-hydrogen) atoms. The highest BCUT2D eigenvalue weighted by atomic mass is 16.5. The monoisotopic (exact) mass is 218 g/mol. The zero-order chi connectivity index (χ0) is 11.2. The number of ether oxygens (including phenoxy) is 1. The third-order valence-corrected chi connectivity index (χ3v) is 2.56. The normalized spacial score (nSPS) is 13.9. The van der Waals surface area contributed by atoms with E-state index < -0.39 is 0 Å². The minimum atomic E-state index is 0.804. The Morgan fingerprint density at radius 2 is 2.06 bits per heavy atom. The van der Waals surface area contributed by atoms with E-state index in [4.69, 9.17) is 4.74 Å². The molecule has 1 aromatic carbocycles. The van der Waals surface area contributed by atoms with Gasteiger partial charge in [-0.2, -0.15) is 0 Å². The fourth-order valence-corrected chi connectivity index (χ4v) is 1.60. The molecule has 0 unspecified atom stereocenters. The van der Waals surface area contributed by atoms with Gasteiger partial charge in [-0.3, -0.25) is 0 Å². The molecule has 2 rings (SSSR count). The van der Waals surface area contributed by atoms with Crippen LogP contribution in [0.2, 0.25) is 0 Å². The van der Waals surface area contributed by atoms with Crippen LogP contribution in [0.4, 0.5) is 0 Å². The van der Waals surface area contributed by atoms with E-state index >= 15 is 0 Å². The van der Waals surface area contributed by atoms with Crippen molar-refractivity contribution in [2.45, 2.75) is 19.8 Å². The molecule has 2 N–H and O–H groups in total. The van der Waals surface area contributed by atoms with Gasteiger partial charge in [0.15, 0.2) is 0 Å². The highest BCUT2D eigenvalue weighted by molar-refractivity contribution is 5.65. The average Bonchev–Trinajstić information content (AvgIpc) is 2.84. The second-order valence-corrected chi connectivity index (χ2v) is 3.84. The van der Waals surface area contributed by atoms with Crippen molar-refractivity contribution < 1.29 is 4.74 Å². The Hall–Kier alpha value is -1.64. The van der Waals surface area contributed by atoms with Gasteiger partial charge < -0.3 is 15.4 Å². The van der Waals surface area contributed by atoms with Gasteiger partial charge in [0.05, 0.1) is 19.0 Å². The van der Waals surface area contributed by atoms with Gasteiger partial charge in [-0.15, -0.1) is 0 Å². The van der Waals surface area contributed by atoms with Crippen molar-refractivity contribution in [2.75, 3.05) is 13.3 Å². The molecule has 0 amide bonds. The van der Waals surface area contributed by atoms with E-state index in [0.29, 0.717) is 0 Å². The zero-order valence-corrected chi connectivity index (χ0v) is 9.62. The van der Waals surface area contributed by atoms with Gasteiger partial charge in [-0.05, 0) is 36.2 Å². The van der Waals surface area contributed by atoms with Crippen molar-refractivity contribution in [3.8, 4) is 5.75 Å². The lowest BCUT2D eigenvalue weighted by molar-refractivity contribution is 0.309. The minimum Gasteiger partial charge on any atom is -0.494 e. The van der Waals surface area contributed by atoms with Crippen LogP contribution in [0, 0.1) is 0 Å². The van der Waals surface area contributed by atoms with Crippen LogP contribution in [0.25, 0.3) is 5.70 Å². The summed E-state index contributed by atoms with van der Waals surface area (Å²) in [6.07, 6.45) is 4.27. The first-order chi connectivity index (χ1) is 7.90. The fourth-order valence-electron chi connectivity index (χ4n) is 1.60. The first kappa shape index (κ1) is 10.9. The predicted molar refractivity (Wildman–Crippen MR) is 66.0 cm³/mol. The van der Waals surface area contributed by atoms with E-state index in [1.54, 1.807) is 0 Å². The molecule has 0 fully saturated rings. The Kier molecular flexibility index (Phi) is 3.70. The third-order valence-electron chi connectivity index (χ3n) is 2.56. The molecule has 0 aliphatic carbocycles. The number of unbranched alkanes of at least 4 members (excludes halogenated alkanes) is 1. The molecule has 1 aromatic rings. The number of nitrogens with one attached hydrogen (secondary N) is 2. The molecule has 0 saturated heterocycles. The highest BCUT2D eigenvalue weighted by Gasteiger charge is 2.04. The first-order valence-electron chi connectivity index (χ1n) is 5.81. The van der Waals surface area contributed by atoms with E-state index in [0.717, 1.165) is 31.1 Å². The fraction of sp³-hybridized carbons (Fsp3) is 0.385. The summed E-state index contributed by atoms with van der Waals surface area (Å²) in [5.41, 5.74) is 2.33. The second kappa shape index (κ2) is 5.45. The summed E-state index contributed by atoms with van der Waals surface area (Å²) >= 11 is 0. The van der Waals surface area contributed by atoms with Gasteiger partial charge in [0, 0.05) is 6.20 Å². The van der Waals surface area contributed by atoms with E-state index in [2.05, 4.69) is 29.7 Å². The van der Waals surface area contributed by atoms with Crippen molar-refractivity contribution in [3.63, 3.8) is 0 Å². The van der Waals surface area contributed by atoms with Crippen LogP contribution in [0.3, 0.4) is 0 Å². The van der Waals surface area contributed by atoms with Crippen molar-refractivity contribution in [1.82, 2.24) is 10.6 Å². The van der Waals surface area contributed by atoms with Crippen molar-refractivity contribution in [2.24, 2.45) is 0 Å². The van der Waals surface area contributed by atoms with Gasteiger partial charge in [0.1, 0.15) is 5.75 Å². The molecule has 3 heteroatoms. The van der Waals surface area contributed by atoms with Crippen molar-refractivity contribution in [3.05, 3.63) is 36.0 Å². The molecule has 86 valence electrons. The van der Waals surface area contributed by atoms with Crippen LogP contribution in [-0.4, -0.2) is 13.3 Å². The van der Waals surface area contributed by atoms with Crippen molar-refractivity contribution >= 4 is 5.70 Å². The summed E-state index contributed by atoms with van der Waals surface area (Å²) in [6, 6.07) is 8.19. The van der Waals surface area contributed by atoms with Crippen LogP contribution in [0.5, 0.6) is 5.75 Å². The van der Waals surface area contributed by atoms with E-state index in [-0.39, 0.29) is 0 Å². The largest absolute Gasteiger partial charge is 0.494 e. The Morgan fingerprint density at radius 1 is 1.25 bits per heavy atom. The molecule has 1 aliphatic rings. The maximum Gasteiger partial charge on any atom is 0.119 e. The maximum atomic E-state index is 5.61. The molecule has 0 radical (unpaired) electrons. The molecule has 3 nitrogen and oxygen atoms in total. The molecule has 0 bridgehead atoms. The summed E-state index contributed by atoms with van der Waals surface area (Å²) in [5, 5.41) is 6.38. The minimum absolute atomic E-state index is 0.804. The van der Waals surface area contributed by atoms with Crippen molar-refractivity contribution in [1.29, 1.82) is 0 Å². The molecule has 1 aliphatic heterocycles. The molecule has 0 spiro atoms. The number of hydrogen-bond donors (Lipinski definition) is 2. The molecule has 0 atom stereocenters. The van der Waals surface area contributed by atoms with E-state index in [1.807, 2.05) is 18.3 Å². The SMILES string of the molecule is CCCCOc1ccc(C2=CNCN2)cc1. The van der Waals surface area contributed by atoms with Gasteiger partial charge in [0.2, 0.25) is 0 Å². The Labute approximate surface area is 96.5 Å². The summed E-state index contributed by atoms with van der Waals surface area (Å²) in [6.45, 7) is 3.78. The smallest absolute Gasteiger partial charge is 0.119 e. The van der Waals surface area contributed by atoms with Crippen LogP contribution in [0.15, 0.2) is 30.5 Å². The Bertz CT molecular complexity index is 357. The lowest BCUT2D eigenvalue weighted by atomic mass is 10.1. The molecular weight excluding hydrogens is 200 g/mol. The van der Waals surface area contributed by atoms with E-state index in [1.165, 1.54) is 12.0 Å². The highest BCUT2D eigenvalue weighted by Crippen LogP contribution is 2.18. The predicted octanol–water partition coefficient (Wildman–Crippen LogP) is 2.31. The van der Waals surface area contributed by atoms with Gasteiger partial charge in [-0.1, -0.05) is 13.3 Å². The van der Waals surface area contributed by atoms with Gasteiger partial charge in [-0.25, -0.2) is 0 Å². The average molecular weight is 218 g/mol. The lowest BCUT2D eigenvalue weighted by Crippen LogP contribution is -2.13. The summed E-state index contributed by atoms with van der Waals surface area (Å²) in [7, 11) is 0. The summed E-state index contributed by atoms with van der Waals surface area (Å²) < 4.78 is 5.61. The Morgan fingerprint density at radius 3 is 2.69 bits per heavy atom. The molecule has 0 aromatic heterocycles. The van der Waals surface area contributed by atoms with Gasteiger partial charge in [0.25, 0.3) is 0 Å². The molecule has 1 heterocycles. The van der Waals surface area contributed by atoms with Gasteiger partial charge >= 0.3 is 0 Å². The lowest BCUT2D eigenvalue weighted by Gasteiger charge is -2.07. The zero-order valence-electron chi connectivity index (χ0n) is 9.62. The maximum absolute atomic E-state index is 5.61.